The molecule has 10 heteroatoms. The van der Waals surface area contributed by atoms with Crippen molar-refractivity contribution in [3.05, 3.63) is 46.6 Å². The lowest BCUT2D eigenvalue weighted by molar-refractivity contribution is -0.119. The van der Waals surface area contributed by atoms with Gasteiger partial charge in [-0.2, -0.15) is 5.26 Å². The van der Waals surface area contributed by atoms with Crippen LogP contribution in [0.25, 0.3) is 0 Å². The molecular formula is C21H24N4O5S. The molecule has 3 rings (SSSR count). The maximum absolute atomic E-state index is 12.5. The third-order valence-corrected chi connectivity index (χ3v) is 6.50. The first-order valence-corrected chi connectivity index (χ1v) is 11.4. The van der Waals surface area contributed by atoms with Gasteiger partial charge in [0.15, 0.2) is 6.61 Å². The van der Waals surface area contributed by atoms with Crippen LogP contribution in [0.2, 0.25) is 0 Å². The maximum atomic E-state index is 12.5. The average molecular weight is 445 g/mol. The summed E-state index contributed by atoms with van der Waals surface area (Å²) >= 11 is 0. The summed E-state index contributed by atoms with van der Waals surface area (Å²) in [5.41, 5.74) is 2.24. The van der Waals surface area contributed by atoms with Gasteiger partial charge in [-0.3, -0.25) is 4.79 Å². The summed E-state index contributed by atoms with van der Waals surface area (Å²) in [5.74, 6) is -0.916. The number of benzene rings is 1. The molecule has 0 bridgehead atoms. The molecule has 0 aliphatic heterocycles. The zero-order valence-corrected chi connectivity index (χ0v) is 18.2. The summed E-state index contributed by atoms with van der Waals surface area (Å²) in [6.45, 7) is 3.23. The minimum atomic E-state index is -3.87. The van der Waals surface area contributed by atoms with Gasteiger partial charge in [-0.1, -0.05) is 12.8 Å². The topological polar surface area (TPSA) is 144 Å². The number of nitrogens with zero attached hydrogens (tertiary/aromatic N) is 2. The third-order valence-electron chi connectivity index (χ3n) is 5.57. The second kappa shape index (κ2) is 8.91. The number of nitrogens with two attached hydrogens (primary N) is 1. The molecule has 0 radical (unpaired) electrons. The van der Waals surface area contributed by atoms with Gasteiger partial charge in [0.05, 0.1) is 16.0 Å². The van der Waals surface area contributed by atoms with Gasteiger partial charge >= 0.3 is 5.97 Å². The van der Waals surface area contributed by atoms with E-state index in [-0.39, 0.29) is 16.5 Å². The van der Waals surface area contributed by atoms with E-state index in [1.807, 2.05) is 18.4 Å². The number of carbonyl (C=O) groups excluding carboxylic acids is 2. The van der Waals surface area contributed by atoms with Crippen LogP contribution in [0.1, 0.15) is 58.9 Å². The van der Waals surface area contributed by atoms with E-state index < -0.39 is 28.5 Å². The SMILES string of the molecule is Cc1c(C#N)c(NC(=O)COC(=O)c2ccc(S(N)(=O)=O)cc2)n(C2CCCC2)c1C. The van der Waals surface area contributed by atoms with Gasteiger partial charge in [-0.15, -0.1) is 0 Å². The molecule has 1 fully saturated rings. The highest BCUT2D eigenvalue weighted by molar-refractivity contribution is 7.89. The van der Waals surface area contributed by atoms with Crippen molar-refractivity contribution in [1.29, 1.82) is 5.26 Å². The Hall–Kier alpha value is -3.16. The van der Waals surface area contributed by atoms with Crippen LogP contribution in [0.5, 0.6) is 0 Å². The first kappa shape index (κ1) is 22.5. The van der Waals surface area contributed by atoms with Gasteiger partial charge in [0.25, 0.3) is 5.91 Å². The molecule has 2 aromatic rings. The van der Waals surface area contributed by atoms with E-state index in [1.165, 1.54) is 24.3 Å². The molecular weight excluding hydrogens is 420 g/mol. The average Bonchev–Trinajstić information content (AvgIpc) is 3.33. The predicted octanol–water partition coefficient (Wildman–Crippen LogP) is 2.53. The minimum absolute atomic E-state index is 0.0823. The van der Waals surface area contributed by atoms with Gasteiger partial charge < -0.3 is 14.6 Å². The Kier molecular flexibility index (Phi) is 6.48. The number of anilines is 1. The molecule has 1 saturated carbocycles. The number of esters is 1. The van der Waals surface area contributed by atoms with E-state index in [4.69, 9.17) is 9.88 Å². The van der Waals surface area contributed by atoms with Crippen LogP contribution in [-0.4, -0.2) is 31.5 Å². The number of aromatic nitrogens is 1. The van der Waals surface area contributed by atoms with Gasteiger partial charge in [0, 0.05) is 11.7 Å². The van der Waals surface area contributed by atoms with Crippen molar-refractivity contribution in [2.45, 2.75) is 50.5 Å². The van der Waals surface area contributed by atoms with E-state index in [9.17, 15) is 23.3 Å². The number of amides is 1. The zero-order chi connectivity index (χ0) is 22.8. The van der Waals surface area contributed by atoms with Crippen molar-refractivity contribution < 1.29 is 22.7 Å². The fourth-order valence-electron chi connectivity index (χ4n) is 3.87. The molecule has 1 aromatic carbocycles. The highest BCUT2D eigenvalue weighted by Gasteiger charge is 2.27. The van der Waals surface area contributed by atoms with Crippen LogP contribution in [0.4, 0.5) is 5.82 Å². The number of rotatable bonds is 6. The fourth-order valence-corrected chi connectivity index (χ4v) is 4.38. The summed E-state index contributed by atoms with van der Waals surface area (Å²) in [6, 6.07) is 7.26. The van der Waals surface area contributed by atoms with Crippen LogP contribution < -0.4 is 10.5 Å². The molecule has 0 unspecified atom stereocenters. The molecule has 9 nitrogen and oxygen atoms in total. The molecule has 0 saturated heterocycles. The Bertz CT molecular complexity index is 1150. The summed E-state index contributed by atoms with van der Waals surface area (Å²) in [6.07, 6.45) is 4.15. The van der Waals surface area contributed by atoms with E-state index in [0.717, 1.165) is 36.9 Å². The Labute approximate surface area is 180 Å². The smallest absolute Gasteiger partial charge is 0.338 e. The Morgan fingerprint density at radius 2 is 1.84 bits per heavy atom. The molecule has 31 heavy (non-hydrogen) atoms. The standard InChI is InChI=1S/C21H24N4O5S/c1-13-14(2)25(16-5-3-4-6-16)20(18(13)11-22)24-19(26)12-30-21(27)15-7-9-17(10-8-15)31(23,28)29/h7-10,16H,3-6,12H2,1-2H3,(H,24,26)(H2,23,28,29). The first-order chi connectivity index (χ1) is 14.6. The maximum Gasteiger partial charge on any atom is 0.338 e. The van der Waals surface area contributed by atoms with Crippen LogP contribution in [0, 0.1) is 25.2 Å². The number of carbonyl (C=O) groups is 2. The van der Waals surface area contributed by atoms with Crippen LogP contribution in [0.15, 0.2) is 29.2 Å². The monoisotopic (exact) mass is 444 g/mol. The molecule has 0 atom stereocenters. The normalized spacial score (nSPS) is 14.3. The van der Waals surface area contributed by atoms with Crippen LogP contribution in [0.3, 0.4) is 0 Å². The van der Waals surface area contributed by atoms with Gasteiger partial charge in [0.2, 0.25) is 10.0 Å². The van der Waals surface area contributed by atoms with Crippen molar-refractivity contribution in [3.63, 3.8) is 0 Å². The summed E-state index contributed by atoms with van der Waals surface area (Å²) in [7, 11) is -3.87. The Balaban J connectivity index is 1.70. The van der Waals surface area contributed by atoms with Gasteiger partial charge in [-0.05, 0) is 56.5 Å². The molecule has 1 amide bonds. The number of hydrogen-bond acceptors (Lipinski definition) is 6. The zero-order valence-electron chi connectivity index (χ0n) is 17.3. The van der Waals surface area contributed by atoms with Crippen molar-refractivity contribution in [3.8, 4) is 6.07 Å². The second-order valence-electron chi connectivity index (χ2n) is 7.55. The fraction of sp³-hybridized carbons (Fsp3) is 0.381. The summed E-state index contributed by atoms with van der Waals surface area (Å²) in [5, 5.41) is 17.3. The van der Waals surface area contributed by atoms with E-state index in [0.29, 0.717) is 11.4 Å². The number of sulfonamides is 1. The highest BCUT2D eigenvalue weighted by atomic mass is 32.2. The third kappa shape index (κ3) is 4.78. The number of hydrogen-bond donors (Lipinski definition) is 2. The van der Waals surface area contributed by atoms with Crippen molar-refractivity contribution in [2.24, 2.45) is 5.14 Å². The number of nitrogens with one attached hydrogen (secondary N) is 1. The summed E-state index contributed by atoms with van der Waals surface area (Å²) < 4.78 is 29.6. The van der Waals surface area contributed by atoms with E-state index in [2.05, 4.69) is 11.4 Å². The lowest BCUT2D eigenvalue weighted by Crippen LogP contribution is -2.24. The minimum Gasteiger partial charge on any atom is -0.452 e. The Morgan fingerprint density at radius 3 is 2.39 bits per heavy atom. The van der Waals surface area contributed by atoms with E-state index in [1.54, 1.807) is 0 Å². The molecule has 1 aliphatic carbocycles. The lowest BCUT2D eigenvalue weighted by Gasteiger charge is -2.19. The summed E-state index contributed by atoms with van der Waals surface area (Å²) in [4.78, 5) is 24.5. The largest absolute Gasteiger partial charge is 0.452 e. The van der Waals surface area contributed by atoms with Crippen molar-refractivity contribution in [2.75, 3.05) is 11.9 Å². The highest BCUT2D eigenvalue weighted by Crippen LogP contribution is 2.37. The molecule has 0 spiro atoms. The predicted molar refractivity (Wildman–Crippen MR) is 113 cm³/mol. The number of nitriles is 1. The first-order valence-electron chi connectivity index (χ1n) is 9.84. The van der Waals surface area contributed by atoms with Crippen LogP contribution >= 0.6 is 0 Å². The molecule has 164 valence electrons. The molecule has 1 aliphatic rings. The van der Waals surface area contributed by atoms with Crippen LogP contribution in [-0.2, 0) is 19.6 Å². The molecule has 3 N–H and O–H groups in total. The molecule has 1 aromatic heterocycles. The van der Waals surface area contributed by atoms with Crippen molar-refractivity contribution >= 4 is 27.7 Å². The van der Waals surface area contributed by atoms with Gasteiger partial charge in [-0.25, -0.2) is 18.4 Å². The quantitative estimate of drug-likeness (QED) is 0.655. The number of primary sulfonamides is 1. The second-order valence-corrected chi connectivity index (χ2v) is 9.11. The van der Waals surface area contributed by atoms with Crippen molar-refractivity contribution in [1.82, 2.24) is 4.57 Å². The molecule has 1 heterocycles. The van der Waals surface area contributed by atoms with E-state index >= 15 is 0 Å². The lowest BCUT2D eigenvalue weighted by atomic mass is 10.2. The number of ether oxygens (including phenoxy) is 1. The van der Waals surface area contributed by atoms with Gasteiger partial charge in [0.1, 0.15) is 11.9 Å². The Morgan fingerprint density at radius 1 is 1.23 bits per heavy atom.